The predicted molar refractivity (Wildman–Crippen MR) is 129 cm³/mol. The lowest BCUT2D eigenvalue weighted by molar-refractivity contribution is -0.126. The van der Waals surface area contributed by atoms with E-state index in [1.54, 1.807) is 36.9 Å². The number of nitrogen functional groups attached to an aromatic ring is 1. The summed E-state index contributed by atoms with van der Waals surface area (Å²) in [5.41, 5.74) is 9.03. The summed E-state index contributed by atoms with van der Waals surface area (Å²) in [5.74, 6) is -0.116. The van der Waals surface area contributed by atoms with E-state index in [1.165, 1.54) is 4.52 Å². The molecule has 1 unspecified atom stereocenters. The van der Waals surface area contributed by atoms with Gasteiger partial charge in [0.15, 0.2) is 5.58 Å². The molecule has 178 valence electrons. The molecule has 0 saturated heterocycles. The van der Waals surface area contributed by atoms with Crippen molar-refractivity contribution >= 4 is 52.1 Å². The highest BCUT2D eigenvalue weighted by Crippen LogP contribution is 2.18. The summed E-state index contributed by atoms with van der Waals surface area (Å²) in [5, 5.41) is 9.74. The van der Waals surface area contributed by atoms with Crippen LogP contribution in [-0.2, 0) is 16.0 Å². The van der Waals surface area contributed by atoms with Crippen molar-refractivity contribution in [3.63, 3.8) is 0 Å². The molecule has 0 saturated carbocycles. The van der Waals surface area contributed by atoms with Crippen LogP contribution in [0, 0.1) is 13.8 Å². The lowest BCUT2D eigenvalue weighted by Crippen LogP contribution is -2.45. The molecular weight excluding hydrogens is 460 g/mol. The van der Waals surface area contributed by atoms with Crippen LogP contribution in [-0.4, -0.2) is 54.4 Å². The molecule has 13 heteroatoms. The molecule has 4 rings (SSSR count). The molecule has 3 aromatic heterocycles. The molecule has 0 aliphatic carbocycles. The Balaban J connectivity index is 1.49. The van der Waals surface area contributed by atoms with E-state index in [9.17, 15) is 14.4 Å². The maximum atomic E-state index is 13.0. The number of hydrogen-bond donors (Lipinski definition) is 4. The molecule has 0 radical (unpaired) electrons. The molecule has 3 heterocycles. The Kier molecular flexibility index (Phi) is 6.54. The van der Waals surface area contributed by atoms with Crippen molar-refractivity contribution in [2.24, 2.45) is 0 Å². The zero-order valence-corrected chi connectivity index (χ0v) is 19.7. The van der Waals surface area contributed by atoms with E-state index in [1.807, 2.05) is 13.2 Å². The summed E-state index contributed by atoms with van der Waals surface area (Å²) in [6, 6.07) is 4.06. The Hall–Kier alpha value is -3.87. The second-order valence-corrected chi connectivity index (χ2v) is 8.72. The van der Waals surface area contributed by atoms with Gasteiger partial charge in [-0.05, 0) is 50.5 Å². The van der Waals surface area contributed by atoms with Gasteiger partial charge >= 0.3 is 5.76 Å². The van der Waals surface area contributed by atoms with E-state index in [2.05, 4.69) is 30.7 Å². The Morgan fingerprint density at radius 2 is 2.09 bits per heavy atom. The van der Waals surface area contributed by atoms with Gasteiger partial charge in [-0.2, -0.15) is 21.3 Å². The number of carbonyl (C=O) groups is 2. The molecule has 2 amide bonds. The van der Waals surface area contributed by atoms with Crippen LogP contribution < -0.4 is 22.1 Å². The van der Waals surface area contributed by atoms with Crippen molar-refractivity contribution in [2.45, 2.75) is 32.7 Å². The average molecular weight is 485 g/mol. The Bertz CT molecular complexity index is 1440. The molecular formula is C21H24N8O4S. The molecule has 34 heavy (non-hydrogen) atoms. The number of H-pyrrole nitrogens is 1. The lowest BCUT2D eigenvalue weighted by atomic mass is 10.1. The predicted octanol–water partition coefficient (Wildman–Crippen LogP) is 1.18. The van der Waals surface area contributed by atoms with Crippen LogP contribution in [0.15, 0.2) is 27.4 Å². The highest BCUT2D eigenvalue weighted by Gasteiger charge is 2.23. The number of amides is 2. The topological polar surface area (TPSA) is 173 Å². The van der Waals surface area contributed by atoms with Crippen molar-refractivity contribution in [3.8, 4) is 0 Å². The normalized spacial score (nSPS) is 12.2. The van der Waals surface area contributed by atoms with Gasteiger partial charge in [0.05, 0.1) is 11.9 Å². The van der Waals surface area contributed by atoms with Crippen LogP contribution in [0.2, 0.25) is 0 Å². The van der Waals surface area contributed by atoms with Crippen LogP contribution in [0.5, 0.6) is 0 Å². The van der Waals surface area contributed by atoms with E-state index < -0.39 is 11.8 Å². The fourth-order valence-corrected chi connectivity index (χ4v) is 4.12. The van der Waals surface area contributed by atoms with Gasteiger partial charge in [0.2, 0.25) is 17.8 Å². The summed E-state index contributed by atoms with van der Waals surface area (Å²) in [7, 11) is 0. The third-order valence-corrected chi connectivity index (χ3v) is 6.00. The first-order valence-corrected chi connectivity index (χ1v) is 11.8. The summed E-state index contributed by atoms with van der Waals surface area (Å²) < 4.78 is 6.48. The van der Waals surface area contributed by atoms with Gasteiger partial charge in [-0.3, -0.25) is 14.6 Å². The average Bonchev–Trinajstić information content (AvgIpc) is 3.34. The molecule has 1 aromatic carbocycles. The number of rotatable bonds is 8. The molecule has 4 aromatic rings. The molecule has 0 aliphatic rings. The number of aryl methyl sites for hydroxylation is 2. The van der Waals surface area contributed by atoms with Crippen LogP contribution in [0.4, 0.5) is 11.6 Å². The molecule has 1 atom stereocenters. The highest BCUT2D eigenvalue weighted by atomic mass is 32.2. The summed E-state index contributed by atoms with van der Waals surface area (Å²) in [6.07, 6.45) is 2.39. The molecule has 12 nitrogen and oxygen atoms in total. The third kappa shape index (κ3) is 4.88. The van der Waals surface area contributed by atoms with Gasteiger partial charge in [0.25, 0.3) is 5.78 Å². The van der Waals surface area contributed by atoms with Crippen molar-refractivity contribution < 1.29 is 14.0 Å². The van der Waals surface area contributed by atoms with Crippen molar-refractivity contribution in [3.05, 3.63) is 45.7 Å². The minimum absolute atomic E-state index is 0.0195. The Morgan fingerprint density at radius 3 is 2.85 bits per heavy atom. The van der Waals surface area contributed by atoms with Gasteiger partial charge < -0.3 is 20.8 Å². The van der Waals surface area contributed by atoms with E-state index >= 15 is 0 Å². The maximum Gasteiger partial charge on any atom is 0.417 e. The molecule has 0 spiro atoms. The number of nitrogens with two attached hydrogens (primary N) is 1. The first kappa shape index (κ1) is 23.3. The van der Waals surface area contributed by atoms with E-state index in [0.29, 0.717) is 51.7 Å². The van der Waals surface area contributed by atoms with Crippen molar-refractivity contribution in [1.29, 1.82) is 0 Å². The Labute approximate surface area is 197 Å². The van der Waals surface area contributed by atoms with Crippen molar-refractivity contribution in [1.82, 2.24) is 29.9 Å². The molecule has 0 bridgehead atoms. The standard InChI is InChI=1S/C21H24N8O4S/c1-10-13(11(2)29-20(23-10)27-19(22)28-29)9-17(30)25-14(6-7-34-3)18(31)24-12-4-5-16-15(8-12)26-21(32)33-16/h4-5,8,14H,6-7,9H2,1-3H3,(H2,22,28)(H,24,31)(H,25,30)(H,26,32). The number of aromatic nitrogens is 5. The number of hydrogen-bond acceptors (Lipinski definition) is 9. The third-order valence-electron chi connectivity index (χ3n) is 5.35. The summed E-state index contributed by atoms with van der Waals surface area (Å²) >= 11 is 1.57. The SMILES string of the molecule is CSCCC(NC(=O)Cc1c(C)nc2nc(N)nn2c1C)C(=O)Nc1ccc2oc(=O)[nH]c2c1. The van der Waals surface area contributed by atoms with Gasteiger partial charge in [-0.25, -0.2) is 9.78 Å². The van der Waals surface area contributed by atoms with Crippen LogP contribution in [0.1, 0.15) is 23.4 Å². The van der Waals surface area contributed by atoms with E-state index in [0.717, 1.165) is 0 Å². The monoisotopic (exact) mass is 484 g/mol. The first-order valence-electron chi connectivity index (χ1n) is 10.5. The number of nitrogens with one attached hydrogen (secondary N) is 3. The fraction of sp³-hybridized carbons (Fsp3) is 0.333. The summed E-state index contributed by atoms with van der Waals surface area (Å²) in [6.45, 7) is 3.60. The van der Waals surface area contributed by atoms with Gasteiger partial charge in [0, 0.05) is 22.6 Å². The smallest absolute Gasteiger partial charge is 0.408 e. The number of thioether (sulfide) groups is 1. The van der Waals surface area contributed by atoms with Crippen LogP contribution in [0.3, 0.4) is 0 Å². The molecule has 0 fully saturated rings. The minimum Gasteiger partial charge on any atom is -0.408 e. The zero-order valence-electron chi connectivity index (χ0n) is 18.8. The fourth-order valence-electron chi connectivity index (χ4n) is 3.65. The highest BCUT2D eigenvalue weighted by molar-refractivity contribution is 7.98. The van der Waals surface area contributed by atoms with Gasteiger partial charge in [-0.15, -0.1) is 5.10 Å². The molecule has 5 N–H and O–H groups in total. The zero-order chi connectivity index (χ0) is 24.4. The quantitative estimate of drug-likeness (QED) is 0.286. The van der Waals surface area contributed by atoms with E-state index in [4.69, 9.17) is 10.2 Å². The Morgan fingerprint density at radius 1 is 1.29 bits per heavy atom. The van der Waals surface area contributed by atoms with Crippen molar-refractivity contribution in [2.75, 3.05) is 23.1 Å². The number of carbonyl (C=O) groups excluding carboxylic acids is 2. The van der Waals surface area contributed by atoms with Crippen LogP contribution in [0.25, 0.3) is 16.9 Å². The molecule has 0 aliphatic heterocycles. The number of oxazole rings is 1. The second-order valence-electron chi connectivity index (χ2n) is 7.74. The first-order chi connectivity index (χ1) is 16.2. The van der Waals surface area contributed by atoms with E-state index in [-0.39, 0.29) is 24.2 Å². The van der Waals surface area contributed by atoms with Crippen LogP contribution >= 0.6 is 11.8 Å². The van der Waals surface area contributed by atoms with Gasteiger partial charge in [0.1, 0.15) is 6.04 Å². The lowest BCUT2D eigenvalue weighted by Gasteiger charge is -2.19. The second kappa shape index (κ2) is 9.55. The number of benzene rings is 1. The number of nitrogens with zero attached hydrogens (tertiary/aromatic N) is 4. The number of aromatic amines is 1. The maximum absolute atomic E-state index is 13.0. The summed E-state index contributed by atoms with van der Waals surface area (Å²) in [4.78, 5) is 48.2. The largest absolute Gasteiger partial charge is 0.417 e. The minimum atomic E-state index is -0.752. The number of fused-ring (bicyclic) bond motifs is 2. The van der Waals surface area contributed by atoms with Gasteiger partial charge in [-0.1, -0.05) is 0 Å². The number of anilines is 2.